The van der Waals surface area contributed by atoms with Crippen LogP contribution in [0.1, 0.15) is 38.5 Å². The number of hydrogen-bond acceptors (Lipinski definition) is 3. The molecular weight excluding hydrogens is 218 g/mol. The Hall–Kier alpha value is -1.10. The molecule has 5 nitrogen and oxygen atoms in total. The molecule has 0 aromatic rings. The third-order valence-electron chi connectivity index (χ3n) is 3.76. The van der Waals surface area contributed by atoms with E-state index in [4.69, 9.17) is 0 Å². The Kier molecular flexibility index (Phi) is 3.66. The van der Waals surface area contributed by atoms with Gasteiger partial charge in [0.25, 0.3) is 5.91 Å². The van der Waals surface area contributed by atoms with Crippen molar-refractivity contribution in [3.63, 3.8) is 0 Å². The second-order valence-corrected chi connectivity index (χ2v) is 4.99. The van der Waals surface area contributed by atoms with Gasteiger partial charge < -0.3 is 10.6 Å². The smallest absolute Gasteiger partial charge is 0.323 e. The molecule has 1 spiro atoms. The average Bonchev–Trinajstić information content (AvgIpc) is 2.55. The summed E-state index contributed by atoms with van der Waals surface area (Å²) in [6.45, 7) is 1.34. The Morgan fingerprint density at radius 1 is 1.29 bits per heavy atom. The maximum atomic E-state index is 12.3. The van der Waals surface area contributed by atoms with E-state index in [-0.39, 0.29) is 11.9 Å². The van der Waals surface area contributed by atoms with Gasteiger partial charge in [0.15, 0.2) is 0 Å². The van der Waals surface area contributed by atoms with Gasteiger partial charge in [-0.1, -0.05) is 19.3 Å². The highest BCUT2D eigenvalue weighted by Crippen LogP contribution is 2.33. The number of imide groups is 1. The molecule has 1 saturated carbocycles. The monoisotopic (exact) mass is 239 g/mol. The Morgan fingerprint density at radius 2 is 2.00 bits per heavy atom. The minimum atomic E-state index is -0.561. The lowest BCUT2D eigenvalue weighted by Crippen LogP contribution is -2.48. The van der Waals surface area contributed by atoms with Crippen LogP contribution in [0.3, 0.4) is 0 Å². The highest BCUT2D eigenvalue weighted by atomic mass is 16.2. The lowest BCUT2D eigenvalue weighted by atomic mass is 9.82. The van der Waals surface area contributed by atoms with E-state index >= 15 is 0 Å². The molecule has 17 heavy (non-hydrogen) atoms. The van der Waals surface area contributed by atoms with Crippen molar-refractivity contribution < 1.29 is 9.59 Å². The summed E-state index contributed by atoms with van der Waals surface area (Å²) >= 11 is 0. The third kappa shape index (κ3) is 2.29. The van der Waals surface area contributed by atoms with Crippen molar-refractivity contribution in [3.05, 3.63) is 0 Å². The number of carbonyl (C=O) groups excluding carboxylic acids is 2. The summed E-state index contributed by atoms with van der Waals surface area (Å²) in [7, 11) is 1.87. The molecule has 1 aliphatic carbocycles. The fourth-order valence-corrected chi connectivity index (χ4v) is 2.79. The van der Waals surface area contributed by atoms with Crippen molar-refractivity contribution in [2.45, 2.75) is 44.1 Å². The molecule has 2 fully saturated rings. The summed E-state index contributed by atoms with van der Waals surface area (Å²) in [4.78, 5) is 25.5. The average molecular weight is 239 g/mol. The molecule has 0 radical (unpaired) electrons. The number of nitrogens with one attached hydrogen (secondary N) is 2. The van der Waals surface area contributed by atoms with Gasteiger partial charge in [-0.25, -0.2) is 4.79 Å². The third-order valence-corrected chi connectivity index (χ3v) is 3.76. The predicted octanol–water partition coefficient (Wildman–Crippen LogP) is 0.851. The van der Waals surface area contributed by atoms with Crippen LogP contribution < -0.4 is 10.6 Å². The molecule has 5 heteroatoms. The molecule has 3 amide bonds. The first-order valence-electron chi connectivity index (χ1n) is 6.48. The van der Waals surface area contributed by atoms with Crippen molar-refractivity contribution in [1.82, 2.24) is 15.5 Å². The summed E-state index contributed by atoms with van der Waals surface area (Å²) < 4.78 is 0. The molecule has 96 valence electrons. The molecule has 0 unspecified atom stereocenters. The number of amides is 3. The van der Waals surface area contributed by atoms with Crippen molar-refractivity contribution in [2.24, 2.45) is 0 Å². The second-order valence-electron chi connectivity index (χ2n) is 4.99. The van der Waals surface area contributed by atoms with Crippen molar-refractivity contribution in [1.29, 1.82) is 0 Å². The van der Waals surface area contributed by atoms with E-state index in [9.17, 15) is 9.59 Å². The summed E-state index contributed by atoms with van der Waals surface area (Å²) in [5.41, 5.74) is -0.561. The van der Waals surface area contributed by atoms with Gasteiger partial charge in [0.05, 0.1) is 0 Å². The van der Waals surface area contributed by atoms with Crippen LogP contribution in [0.2, 0.25) is 0 Å². The van der Waals surface area contributed by atoms with Crippen molar-refractivity contribution in [3.8, 4) is 0 Å². The Balaban J connectivity index is 2.00. The van der Waals surface area contributed by atoms with Crippen molar-refractivity contribution >= 4 is 11.9 Å². The molecule has 2 rings (SSSR count). The highest BCUT2D eigenvalue weighted by molar-refractivity contribution is 6.07. The fraction of sp³-hybridized carbons (Fsp3) is 0.833. The largest absolute Gasteiger partial charge is 0.325 e. The number of rotatable bonds is 4. The van der Waals surface area contributed by atoms with Crippen LogP contribution >= 0.6 is 0 Å². The normalized spacial score (nSPS) is 23.2. The lowest BCUT2D eigenvalue weighted by Gasteiger charge is -2.30. The van der Waals surface area contributed by atoms with Gasteiger partial charge in [-0.05, 0) is 32.9 Å². The second kappa shape index (κ2) is 5.04. The van der Waals surface area contributed by atoms with Gasteiger partial charge in [-0.2, -0.15) is 0 Å². The fourth-order valence-electron chi connectivity index (χ4n) is 2.79. The minimum Gasteiger partial charge on any atom is -0.323 e. The van der Waals surface area contributed by atoms with Crippen LogP contribution in [0, 0.1) is 0 Å². The molecule has 2 N–H and O–H groups in total. The van der Waals surface area contributed by atoms with E-state index in [1.807, 2.05) is 7.05 Å². The summed E-state index contributed by atoms with van der Waals surface area (Å²) in [6.07, 6.45) is 5.67. The SMILES string of the molecule is CNCCCN1C(=O)NC2(CCCCC2)C1=O. The highest BCUT2D eigenvalue weighted by Gasteiger charge is 2.50. The predicted molar refractivity (Wildman–Crippen MR) is 64.6 cm³/mol. The number of nitrogens with zero attached hydrogens (tertiary/aromatic N) is 1. The van der Waals surface area contributed by atoms with E-state index in [0.29, 0.717) is 6.54 Å². The van der Waals surface area contributed by atoms with E-state index in [2.05, 4.69) is 10.6 Å². The quantitative estimate of drug-likeness (QED) is 0.565. The Bertz CT molecular complexity index is 311. The molecule has 0 aromatic heterocycles. The topological polar surface area (TPSA) is 61.4 Å². The summed E-state index contributed by atoms with van der Waals surface area (Å²) in [6, 6.07) is -0.201. The van der Waals surface area contributed by atoms with Crippen LogP contribution in [0.4, 0.5) is 4.79 Å². The maximum absolute atomic E-state index is 12.3. The van der Waals surface area contributed by atoms with Crippen LogP contribution in [0.25, 0.3) is 0 Å². The first-order chi connectivity index (χ1) is 8.19. The molecule has 1 aliphatic heterocycles. The van der Waals surface area contributed by atoms with E-state index in [0.717, 1.165) is 38.6 Å². The summed E-state index contributed by atoms with van der Waals surface area (Å²) in [5.74, 6) is -0.00157. The molecule has 1 saturated heterocycles. The molecule has 1 heterocycles. The van der Waals surface area contributed by atoms with E-state index in [1.54, 1.807) is 0 Å². The van der Waals surface area contributed by atoms with Gasteiger partial charge in [-0.3, -0.25) is 9.69 Å². The minimum absolute atomic E-state index is 0.00157. The molecule has 0 aromatic carbocycles. The number of hydrogen-bond donors (Lipinski definition) is 2. The van der Waals surface area contributed by atoms with E-state index < -0.39 is 5.54 Å². The number of urea groups is 1. The molecule has 0 bridgehead atoms. The van der Waals surface area contributed by atoms with Crippen LogP contribution in [-0.2, 0) is 4.79 Å². The zero-order valence-corrected chi connectivity index (χ0v) is 10.4. The first kappa shape index (κ1) is 12.4. The molecule has 0 atom stereocenters. The van der Waals surface area contributed by atoms with Crippen molar-refractivity contribution in [2.75, 3.05) is 20.1 Å². The zero-order valence-electron chi connectivity index (χ0n) is 10.4. The van der Waals surface area contributed by atoms with Gasteiger partial charge >= 0.3 is 6.03 Å². The van der Waals surface area contributed by atoms with Gasteiger partial charge in [0, 0.05) is 6.54 Å². The van der Waals surface area contributed by atoms with Crippen LogP contribution in [0.5, 0.6) is 0 Å². The molecule has 2 aliphatic rings. The Labute approximate surface area is 102 Å². The zero-order chi connectivity index (χ0) is 12.3. The molecular formula is C12H21N3O2. The van der Waals surface area contributed by atoms with Gasteiger partial charge in [0.2, 0.25) is 0 Å². The van der Waals surface area contributed by atoms with E-state index in [1.165, 1.54) is 11.3 Å². The standard InChI is InChI=1S/C12H21N3O2/c1-13-8-5-9-15-10(16)12(14-11(15)17)6-3-2-4-7-12/h13H,2-9H2,1H3,(H,14,17). The van der Waals surface area contributed by atoms with Crippen LogP contribution in [-0.4, -0.2) is 42.5 Å². The maximum Gasteiger partial charge on any atom is 0.325 e. The first-order valence-corrected chi connectivity index (χ1v) is 6.48. The lowest BCUT2D eigenvalue weighted by molar-refractivity contribution is -0.132. The Morgan fingerprint density at radius 3 is 2.65 bits per heavy atom. The number of carbonyl (C=O) groups is 2. The van der Waals surface area contributed by atoms with Gasteiger partial charge in [0.1, 0.15) is 5.54 Å². The van der Waals surface area contributed by atoms with Crippen LogP contribution in [0.15, 0.2) is 0 Å². The summed E-state index contributed by atoms with van der Waals surface area (Å²) in [5, 5.41) is 5.94. The van der Waals surface area contributed by atoms with Gasteiger partial charge in [-0.15, -0.1) is 0 Å².